The molecule has 5 heteroatoms. The van der Waals surface area contributed by atoms with E-state index in [-0.39, 0.29) is 0 Å². The van der Waals surface area contributed by atoms with E-state index in [1.54, 1.807) is 0 Å². The van der Waals surface area contributed by atoms with Gasteiger partial charge in [0.05, 0.1) is 13.2 Å². The van der Waals surface area contributed by atoms with Crippen LogP contribution in [0.5, 0.6) is 5.75 Å². The Morgan fingerprint density at radius 3 is 2.54 bits per heavy atom. The first-order valence-corrected chi connectivity index (χ1v) is 9.25. The van der Waals surface area contributed by atoms with Crippen molar-refractivity contribution in [3.63, 3.8) is 0 Å². The van der Waals surface area contributed by atoms with Gasteiger partial charge in [-0.05, 0) is 30.5 Å². The number of nitrogens with zero attached hydrogens (tertiary/aromatic N) is 2. The number of ether oxygens (including phenoxy) is 3. The van der Waals surface area contributed by atoms with Crippen LogP contribution in [0, 0.1) is 0 Å². The summed E-state index contributed by atoms with van der Waals surface area (Å²) in [7, 11) is 0. The number of morpholine rings is 1. The zero-order valence-corrected chi connectivity index (χ0v) is 14.4. The Balaban J connectivity index is 1.46. The van der Waals surface area contributed by atoms with Crippen LogP contribution in [0.15, 0.2) is 18.2 Å². The molecule has 0 unspecified atom stereocenters. The zero-order chi connectivity index (χ0) is 16.2. The molecule has 0 N–H and O–H groups in total. The van der Waals surface area contributed by atoms with E-state index in [1.165, 1.54) is 11.1 Å². The van der Waals surface area contributed by atoms with Gasteiger partial charge in [0.15, 0.2) is 0 Å². The van der Waals surface area contributed by atoms with Crippen LogP contribution in [0.25, 0.3) is 0 Å². The summed E-state index contributed by atoms with van der Waals surface area (Å²) in [5.74, 6) is 1.07. The molecule has 0 bridgehead atoms. The summed E-state index contributed by atoms with van der Waals surface area (Å²) in [6, 6.07) is 7.37. The maximum absolute atomic E-state index is 6.01. The maximum Gasteiger partial charge on any atom is 0.123 e. The van der Waals surface area contributed by atoms with Crippen LogP contribution in [0.2, 0.25) is 0 Å². The van der Waals surface area contributed by atoms with Gasteiger partial charge in [-0.3, -0.25) is 9.80 Å². The van der Waals surface area contributed by atoms with Crippen molar-refractivity contribution in [2.24, 2.45) is 0 Å². The van der Waals surface area contributed by atoms with Gasteiger partial charge in [0.2, 0.25) is 0 Å². The molecule has 0 spiro atoms. The average Bonchev–Trinajstić information content (AvgIpc) is 2.85. The van der Waals surface area contributed by atoms with Crippen LogP contribution in [-0.2, 0) is 22.6 Å². The number of rotatable bonds is 3. The molecule has 0 aromatic heterocycles. The van der Waals surface area contributed by atoms with E-state index in [4.69, 9.17) is 14.2 Å². The predicted molar refractivity (Wildman–Crippen MR) is 92.3 cm³/mol. The summed E-state index contributed by atoms with van der Waals surface area (Å²) in [6.45, 7) is 9.36. The summed E-state index contributed by atoms with van der Waals surface area (Å²) >= 11 is 0. The van der Waals surface area contributed by atoms with Crippen molar-refractivity contribution in [1.82, 2.24) is 9.80 Å². The Morgan fingerprint density at radius 1 is 0.917 bits per heavy atom. The molecule has 24 heavy (non-hydrogen) atoms. The largest absolute Gasteiger partial charge is 0.492 e. The molecule has 3 heterocycles. The number of fused-ring (bicyclic) bond motifs is 1. The minimum Gasteiger partial charge on any atom is -0.492 e. The van der Waals surface area contributed by atoms with Crippen LogP contribution < -0.4 is 4.74 Å². The molecule has 0 amide bonds. The lowest BCUT2D eigenvalue weighted by Gasteiger charge is -2.33. The fourth-order valence-corrected chi connectivity index (χ4v) is 3.95. The third kappa shape index (κ3) is 3.91. The summed E-state index contributed by atoms with van der Waals surface area (Å²) in [5.41, 5.74) is 2.72. The molecule has 3 aliphatic heterocycles. The third-order valence-corrected chi connectivity index (χ3v) is 5.35. The molecule has 0 radical (unpaired) electrons. The van der Waals surface area contributed by atoms with Crippen LogP contribution in [0.4, 0.5) is 0 Å². The van der Waals surface area contributed by atoms with Gasteiger partial charge in [0, 0.05) is 57.5 Å². The second kappa shape index (κ2) is 7.83. The number of hydrogen-bond donors (Lipinski definition) is 0. The first-order valence-electron chi connectivity index (χ1n) is 9.25. The second-order valence-electron chi connectivity index (χ2n) is 6.99. The lowest BCUT2D eigenvalue weighted by atomic mass is 10.0. The fraction of sp³-hybridized carbons (Fsp3) is 0.684. The van der Waals surface area contributed by atoms with Crippen molar-refractivity contribution < 1.29 is 14.2 Å². The van der Waals surface area contributed by atoms with Crippen LogP contribution in [0.1, 0.15) is 24.0 Å². The first kappa shape index (κ1) is 16.3. The molecular formula is C19H28N2O3. The van der Waals surface area contributed by atoms with E-state index < -0.39 is 0 Å². The van der Waals surface area contributed by atoms with Gasteiger partial charge in [-0.1, -0.05) is 6.07 Å². The zero-order valence-electron chi connectivity index (χ0n) is 14.4. The van der Waals surface area contributed by atoms with Crippen molar-refractivity contribution in [3.8, 4) is 5.75 Å². The normalized spacial score (nSPS) is 24.2. The SMILES string of the molecule is c1cc2c(cc1CN1CCOCC1)CN(C1CCOCC1)CCO2. The van der Waals surface area contributed by atoms with Gasteiger partial charge in [-0.2, -0.15) is 0 Å². The molecular weight excluding hydrogens is 304 g/mol. The standard InChI is InChI=1S/C19H28N2O3/c1-2-19-17(13-16(1)14-20-5-10-23-11-6-20)15-21(7-12-24-19)18-3-8-22-9-4-18/h1-2,13,18H,3-12,14-15H2. The molecule has 0 saturated carbocycles. The molecule has 4 rings (SSSR count). The molecule has 1 aromatic carbocycles. The highest BCUT2D eigenvalue weighted by Gasteiger charge is 2.25. The summed E-state index contributed by atoms with van der Waals surface area (Å²) < 4.78 is 17.0. The summed E-state index contributed by atoms with van der Waals surface area (Å²) in [5, 5.41) is 0. The van der Waals surface area contributed by atoms with Gasteiger partial charge >= 0.3 is 0 Å². The maximum atomic E-state index is 6.01. The Labute approximate surface area is 144 Å². The molecule has 5 nitrogen and oxygen atoms in total. The number of hydrogen-bond acceptors (Lipinski definition) is 5. The van der Waals surface area contributed by atoms with Gasteiger partial charge in [-0.25, -0.2) is 0 Å². The summed E-state index contributed by atoms with van der Waals surface area (Å²) in [4.78, 5) is 5.06. The van der Waals surface area contributed by atoms with E-state index in [0.29, 0.717) is 6.04 Å². The fourth-order valence-electron chi connectivity index (χ4n) is 3.95. The first-order chi connectivity index (χ1) is 11.9. The van der Waals surface area contributed by atoms with Crippen LogP contribution in [-0.4, -0.2) is 68.5 Å². The topological polar surface area (TPSA) is 34.2 Å². The molecule has 3 aliphatic rings. The molecule has 0 aliphatic carbocycles. The second-order valence-corrected chi connectivity index (χ2v) is 6.99. The Hall–Kier alpha value is -1.14. The van der Waals surface area contributed by atoms with E-state index in [2.05, 4.69) is 28.0 Å². The van der Waals surface area contributed by atoms with E-state index >= 15 is 0 Å². The monoisotopic (exact) mass is 332 g/mol. The highest BCUT2D eigenvalue weighted by Crippen LogP contribution is 2.27. The highest BCUT2D eigenvalue weighted by molar-refractivity contribution is 5.38. The van der Waals surface area contributed by atoms with Crippen molar-refractivity contribution in [2.75, 3.05) is 52.7 Å². The van der Waals surface area contributed by atoms with Gasteiger partial charge in [-0.15, -0.1) is 0 Å². The highest BCUT2D eigenvalue weighted by atomic mass is 16.5. The predicted octanol–water partition coefficient (Wildman–Crippen LogP) is 1.89. The van der Waals surface area contributed by atoms with Gasteiger partial charge in [0.1, 0.15) is 12.4 Å². The molecule has 132 valence electrons. The minimum atomic E-state index is 0.635. The van der Waals surface area contributed by atoms with Crippen molar-refractivity contribution in [1.29, 1.82) is 0 Å². The molecule has 2 saturated heterocycles. The Morgan fingerprint density at radius 2 is 1.71 bits per heavy atom. The van der Waals surface area contributed by atoms with E-state index in [9.17, 15) is 0 Å². The van der Waals surface area contributed by atoms with Crippen molar-refractivity contribution in [2.45, 2.75) is 32.0 Å². The van der Waals surface area contributed by atoms with Crippen molar-refractivity contribution in [3.05, 3.63) is 29.3 Å². The van der Waals surface area contributed by atoms with E-state index in [0.717, 1.165) is 84.3 Å². The van der Waals surface area contributed by atoms with E-state index in [1.807, 2.05) is 0 Å². The lowest BCUT2D eigenvalue weighted by Crippen LogP contribution is -2.40. The quantitative estimate of drug-likeness (QED) is 0.844. The van der Waals surface area contributed by atoms with Crippen LogP contribution in [0.3, 0.4) is 0 Å². The van der Waals surface area contributed by atoms with Crippen LogP contribution >= 0.6 is 0 Å². The lowest BCUT2D eigenvalue weighted by molar-refractivity contribution is 0.0293. The van der Waals surface area contributed by atoms with Crippen molar-refractivity contribution >= 4 is 0 Å². The molecule has 2 fully saturated rings. The molecule has 1 aromatic rings. The minimum absolute atomic E-state index is 0.635. The van der Waals surface area contributed by atoms with Gasteiger partial charge in [0.25, 0.3) is 0 Å². The Kier molecular flexibility index (Phi) is 5.33. The van der Waals surface area contributed by atoms with Gasteiger partial charge < -0.3 is 14.2 Å². The average molecular weight is 332 g/mol. The molecule has 0 atom stereocenters. The third-order valence-electron chi connectivity index (χ3n) is 5.35. The smallest absolute Gasteiger partial charge is 0.123 e. The number of benzene rings is 1. The summed E-state index contributed by atoms with van der Waals surface area (Å²) in [6.07, 6.45) is 2.28. The Bertz CT molecular complexity index is 539.